The maximum Gasteiger partial charge on any atom is 0.302 e. The van der Waals surface area contributed by atoms with Gasteiger partial charge in [0, 0.05) is 6.92 Å². The van der Waals surface area contributed by atoms with E-state index in [2.05, 4.69) is 35.6 Å². The van der Waals surface area contributed by atoms with Gasteiger partial charge in [0.15, 0.2) is 0 Å². The fourth-order valence-electron chi connectivity index (χ4n) is 1.42. The van der Waals surface area contributed by atoms with Crippen molar-refractivity contribution < 1.29 is 9.53 Å². The smallest absolute Gasteiger partial charge is 0.302 e. The Hall–Kier alpha value is -0.960. The Morgan fingerprint density at radius 1 is 1.16 bits per heavy atom. The molecule has 0 radical (unpaired) electrons. The highest BCUT2D eigenvalue weighted by molar-refractivity contribution is 7.99. The molecule has 108 valence electrons. The van der Waals surface area contributed by atoms with Crippen LogP contribution in [0.1, 0.15) is 38.7 Å². The predicted molar refractivity (Wildman–Crippen MR) is 84.7 cm³/mol. The van der Waals surface area contributed by atoms with Crippen molar-refractivity contribution >= 4 is 17.7 Å². The number of esters is 1. The summed E-state index contributed by atoms with van der Waals surface area (Å²) in [5.41, 5.74) is 1.32. The second-order valence-corrected chi connectivity index (χ2v) is 5.48. The number of rotatable bonds is 1. The molecule has 2 rings (SSSR count). The van der Waals surface area contributed by atoms with Crippen LogP contribution in [0.25, 0.3) is 0 Å². The quantitative estimate of drug-likeness (QED) is 0.711. The number of thioether (sulfide) groups is 1. The van der Waals surface area contributed by atoms with Crippen molar-refractivity contribution in [2.24, 2.45) is 0 Å². The molecular weight excluding hydrogens is 256 g/mol. The number of hydrogen-bond acceptors (Lipinski definition) is 3. The molecule has 1 aliphatic rings. The van der Waals surface area contributed by atoms with E-state index in [0.717, 1.165) is 0 Å². The van der Waals surface area contributed by atoms with Gasteiger partial charge in [-0.3, -0.25) is 4.79 Å². The second-order valence-electron chi connectivity index (χ2n) is 4.25. The molecule has 2 nitrogen and oxygen atoms in total. The van der Waals surface area contributed by atoms with Gasteiger partial charge < -0.3 is 4.74 Å². The number of carbonyl (C=O) groups is 1. The normalized spacial score (nSPS) is 13.2. The third kappa shape index (κ3) is 15.0. The molecule has 0 aromatic heterocycles. The zero-order valence-electron chi connectivity index (χ0n) is 12.4. The maximum absolute atomic E-state index is 9.82. The van der Waals surface area contributed by atoms with Gasteiger partial charge in [0.25, 0.3) is 0 Å². The Morgan fingerprint density at radius 3 is 1.89 bits per heavy atom. The first-order valence-corrected chi connectivity index (χ1v) is 8.05. The standard InChI is InChI=1S/C7H8.C5H10S.C4H8O2/c1-7-5-3-2-4-6-7;1-2-4-6-5-3-1;1-3-6-4(2)5/h2-6H,1H3;1-5H2;3H2,1-2H3. The molecule has 3 heteroatoms. The van der Waals surface area contributed by atoms with E-state index in [4.69, 9.17) is 0 Å². The number of ether oxygens (including phenoxy) is 1. The summed E-state index contributed by atoms with van der Waals surface area (Å²) in [4.78, 5) is 9.82. The lowest BCUT2D eigenvalue weighted by molar-refractivity contribution is -0.140. The SMILES string of the molecule is C1CCSCC1.CCOC(C)=O.Cc1ccccc1. The number of carbonyl (C=O) groups excluding carboxylic acids is 1. The Balaban J connectivity index is 0.000000257. The molecule has 0 spiro atoms. The molecule has 0 amide bonds. The van der Waals surface area contributed by atoms with Crippen LogP contribution in [0.2, 0.25) is 0 Å². The van der Waals surface area contributed by atoms with Crippen LogP contribution in [-0.2, 0) is 9.53 Å². The molecule has 1 heterocycles. The largest absolute Gasteiger partial charge is 0.466 e. The van der Waals surface area contributed by atoms with Crippen LogP contribution in [0.5, 0.6) is 0 Å². The van der Waals surface area contributed by atoms with E-state index < -0.39 is 0 Å². The molecule has 1 saturated heterocycles. The van der Waals surface area contributed by atoms with E-state index >= 15 is 0 Å². The first-order valence-electron chi connectivity index (χ1n) is 6.89. The summed E-state index contributed by atoms with van der Waals surface area (Å²) in [5.74, 6) is 2.62. The van der Waals surface area contributed by atoms with Crippen molar-refractivity contribution in [3.8, 4) is 0 Å². The minimum Gasteiger partial charge on any atom is -0.466 e. The predicted octanol–water partition coefficient (Wildman–Crippen LogP) is 4.47. The van der Waals surface area contributed by atoms with Gasteiger partial charge in [-0.05, 0) is 38.2 Å². The van der Waals surface area contributed by atoms with Crippen molar-refractivity contribution in [2.45, 2.75) is 40.0 Å². The minimum absolute atomic E-state index is 0.211. The minimum atomic E-state index is -0.211. The molecule has 0 atom stereocenters. The fraction of sp³-hybridized carbons (Fsp3) is 0.562. The molecule has 0 aliphatic carbocycles. The van der Waals surface area contributed by atoms with Crippen LogP contribution in [0.15, 0.2) is 30.3 Å². The lowest BCUT2D eigenvalue weighted by Crippen LogP contribution is -1.95. The Bertz CT molecular complexity index is 296. The van der Waals surface area contributed by atoms with Gasteiger partial charge in [-0.25, -0.2) is 0 Å². The molecule has 0 bridgehead atoms. The van der Waals surface area contributed by atoms with Crippen LogP contribution in [0.3, 0.4) is 0 Å². The highest BCUT2D eigenvalue weighted by Crippen LogP contribution is 2.14. The summed E-state index contributed by atoms with van der Waals surface area (Å²) >= 11 is 2.09. The third-order valence-electron chi connectivity index (χ3n) is 2.37. The van der Waals surface area contributed by atoms with Crippen molar-refractivity contribution in [2.75, 3.05) is 18.1 Å². The Morgan fingerprint density at radius 2 is 1.74 bits per heavy atom. The van der Waals surface area contributed by atoms with Crippen molar-refractivity contribution in [3.63, 3.8) is 0 Å². The average molecular weight is 282 g/mol. The topological polar surface area (TPSA) is 26.3 Å². The first-order chi connectivity index (χ1) is 9.16. The maximum atomic E-state index is 9.82. The number of aryl methyl sites for hydroxylation is 1. The van der Waals surface area contributed by atoms with Gasteiger partial charge >= 0.3 is 5.97 Å². The number of benzene rings is 1. The fourth-order valence-corrected chi connectivity index (χ4v) is 2.45. The van der Waals surface area contributed by atoms with Crippen molar-refractivity contribution in [1.82, 2.24) is 0 Å². The summed E-state index contributed by atoms with van der Waals surface area (Å²) in [7, 11) is 0. The second kappa shape index (κ2) is 13.5. The summed E-state index contributed by atoms with van der Waals surface area (Å²) in [6.07, 6.45) is 4.41. The van der Waals surface area contributed by atoms with Crippen LogP contribution in [0.4, 0.5) is 0 Å². The lowest BCUT2D eigenvalue weighted by atomic mass is 10.2. The van der Waals surface area contributed by atoms with Gasteiger partial charge in [-0.2, -0.15) is 11.8 Å². The van der Waals surface area contributed by atoms with Gasteiger partial charge in [0.1, 0.15) is 0 Å². The molecule has 1 aromatic carbocycles. The van der Waals surface area contributed by atoms with Crippen LogP contribution in [0, 0.1) is 6.92 Å². The summed E-state index contributed by atoms with van der Waals surface area (Å²) in [6, 6.07) is 10.3. The molecule has 1 aromatic rings. The highest BCUT2D eigenvalue weighted by atomic mass is 32.2. The van der Waals surface area contributed by atoms with E-state index in [9.17, 15) is 4.79 Å². The molecule has 0 N–H and O–H groups in total. The van der Waals surface area contributed by atoms with E-state index in [1.807, 2.05) is 18.2 Å². The van der Waals surface area contributed by atoms with E-state index in [1.54, 1.807) is 6.92 Å². The van der Waals surface area contributed by atoms with Crippen LogP contribution in [-0.4, -0.2) is 24.1 Å². The zero-order chi connectivity index (χ0) is 14.3. The van der Waals surface area contributed by atoms with Gasteiger partial charge in [0.2, 0.25) is 0 Å². The molecule has 1 aliphatic heterocycles. The summed E-state index contributed by atoms with van der Waals surface area (Å²) < 4.78 is 4.40. The van der Waals surface area contributed by atoms with Gasteiger partial charge in [0.05, 0.1) is 6.61 Å². The first kappa shape index (κ1) is 18.0. The zero-order valence-corrected chi connectivity index (χ0v) is 13.2. The molecule has 1 fully saturated rings. The van der Waals surface area contributed by atoms with Gasteiger partial charge in [-0.15, -0.1) is 0 Å². The summed E-state index contributed by atoms with van der Waals surface area (Å²) in [6.45, 7) is 5.74. The van der Waals surface area contributed by atoms with E-state index in [-0.39, 0.29) is 5.97 Å². The van der Waals surface area contributed by atoms with Crippen molar-refractivity contribution in [3.05, 3.63) is 35.9 Å². The average Bonchev–Trinajstić information content (AvgIpc) is 2.43. The molecule has 0 saturated carbocycles. The van der Waals surface area contributed by atoms with Crippen LogP contribution < -0.4 is 0 Å². The third-order valence-corrected chi connectivity index (χ3v) is 3.52. The molecule has 0 unspecified atom stereocenters. The van der Waals surface area contributed by atoms with E-state index in [1.165, 1.54) is 43.3 Å². The van der Waals surface area contributed by atoms with E-state index in [0.29, 0.717) is 6.61 Å². The van der Waals surface area contributed by atoms with Gasteiger partial charge in [-0.1, -0.05) is 42.3 Å². The highest BCUT2D eigenvalue weighted by Gasteiger charge is 1.95. The Kier molecular flexibility index (Phi) is 12.8. The monoisotopic (exact) mass is 282 g/mol. The lowest BCUT2D eigenvalue weighted by Gasteiger charge is -2.05. The number of hydrogen-bond donors (Lipinski definition) is 0. The molecular formula is C16H26O2S. The molecule has 19 heavy (non-hydrogen) atoms. The summed E-state index contributed by atoms with van der Waals surface area (Å²) in [5, 5.41) is 0. The van der Waals surface area contributed by atoms with Crippen molar-refractivity contribution in [1.29, 1.82) is 0 Å². The Labute approximate surface area is 121 Å². The van der Waals surface area contributed by atoms with Crippen LogP contribution >= 0.6 is 11.8 Å².